The fraction of sp³-hybridized carbons (Fsp3) is 0.409. The molecule has 4 rings (SSSR count). The van der Waals surface area contributed by atoms with Crippen LogP contribution in [0.15, 0.2) is 30.3 Å². The number of halogens is 1. The zero-order valence-electron chi connectivity index (χ0n) is 16.4. The number of benzene rings is 1. The van der Waals surface area contributed by atoms with E-state index in [0.717, 1.165) is 40.1 Å². The van der Waals surface area contributed by atoms with Crippen molar-refractivity contribution < 1.29 is 4.79 Å². The highest BCUT2D eigenvalue weighted by atomic mass is 35.5. The molecule has 1 aliphatic rings. The van der Waals surface area contributed by atoms with Gasteiger partial charge >= 0.3 is 0 Å². The van der Waals surface area contributed by atoms with Gasteiger partial charge in [0.1, 0.15) is 0 Å². The molecule has 3 aromatic rings. The van der Waals surface area contributed by atoms with Gasteiger partial charge < -0.3 is 0 Å². The summed E-state index contributed by atoms with van der Waals surface area (Å²) in [4.78, 5) is 17.7. The predicted molar refractivity (Wildman–Crippen MR) is 109 cm³/mol. The normalized spacial score (nSPS) is 16.6. The van der Waals surface area contributed by atoms with Crippen molar-refractivity contribution in [3.63, 3.8) is 0 Å². The van der Waals surface area contributed by atoms with Crippen LogP contribution >= 0.6 is 11.6 Å². The molecule has 140 valence electrons. The summed E-state index contributed by atoms with van der Waals surface area (Å²) in [6.07, 6.45) is 1.35. The molecule has 2 aromatic heterocycles. The Hall–Kier alpha value is -2.20. The fourth-order valence-electron chi connectivity index (χ4n) is 3.82. The molecule has 27 heavy (non-hydrogen) atoms. The molecule has 0 aliphatic heterocycles. The second-order valence-corrected chi connectivity index (χ2v) is 9.72. The number of hydrogen-bond acceptors (Lipinski definition) is 3. The van der Waals surface area contributed by atoms with E-state index in [0.29, 0.717) is 11.4 Å². The monoisotopic (exact) mass is 381 g/mol. The van der Waals surface area contributed by atoms with Gasteiger partial charge in [0.2, 0.25) is 0 Å². The van der Waals surface area contributed by atoms with Gasteiger partial charge in [-0.15, -0.1) is 0 Å². The zero-order valence-corrected chi connectivity index (χ0v) is 17.2. The third-order valence-corrected chi connectivity index (χ3v) is 5.36. The van der Waals surface area contributed by atoms with Crippen LogP contribution in [0.2, 0.25) is 5.02 Å². The second kappa shape index (κ2) is 5.90. The van der Waals surface area contributed by atoms with Crippen LogP contribution < -0.4 is 0 Å². The topological polar surface area (TPSA) is 47.8 Å². The summed E-state index contributed by atoms with van der Waals surface area (Å²) in [5.74, 6) is 0.176. The van der Waals surface area contributed by atoms with Crippen molar-refractivity contribution in [1.82, 2.24) is 14.8 Å². The van der Waals surface area contributed by atoms with Gasteiger partial charge in [-0.2, -0.15) is 5.10 Å². The summed E-state index contributed by atoms with van der Waals surface area (Å²) in [5, 5.41) is 6.53. The van der Waals surface area contributed by atoms with E-state index in [1.807, 2.05) is 35.0 Å². The van der Waals surface area contributed by atoms with Crippen LogP contribution in [-0.2, 0) is 11.8 Å². The predicted octanol–water partition coefficient (Wildman–Crippen LogP) is 5.53. The molecule has 1 aromatic carbocycles. The van der Waals surface area contributed by atoms with Crippen LogP contribution in [0.5, 0.6) is 0 Å². The Morgan fingerprint density at radius 2 is 1.78 bits per heavy atom. The average Bonchev–Trinajstić information content (AvgIpc) is 2.92. The van der Waals surface area contributed by atoms with E-state index >= 15 is 0 Å². The summed E-state index contributed by atoms with van der Waals surface area (Å²) in [6, 6.07) is 9.60. The maximum Gasteiger partial charge on any atom is 0.165 e. The smallest absolute Gasteiger partial charge is 0.165 e. The Labute approximate surface area is 164 Å². The number of hydrogen-bond donors (Lipinski definition) is 0. The summed E-state index contributed by atoms with van der Waals surface area (Å²) >= 11 is 6.05. The molecule has 0 saturated heterocycles. The zero-order chi connectivity index (χ0) is 19.6. The quantitative estimate of drug-likeness (QED) is 0.557. The third-order valence-electron chi connectivity index (χ3n) is 5.10. The maximum atomic E-state index is 12.7. The minimum atomic E-state index is -0.164. The Morgan fingerprint density at radius 3 is 2.41 bits per heavy atom. The van der Waals surface area contributed by atoms with E-state index in [4.69, 9.17) is 21.7 Å². The molecule has 2 heterocycles. The van der Waals surface area contributed by atoms with Gasteiger partial charge in [0.15, 0.2) is 11.4 Å². The van der Waals surface area contributed by atoms with Crippen LogP contribution in [0, 0.1) is 5.41 Å². The van der Waals surface area contributed by atoms with Gasteiger partial charge in [-0.1, -0.05) is 46.2 Å². The molecular formula is C22H24ClN3O. The molecule has 0 amide bonds. The first-order chi connectivity index (χ1) is 12.5. The van der Waals surface area contributed by atoms with Crippen molar-refractivity contribution >= 4 is 28.4 Å². The first-order valence-corrected chi connectivity index (χ1v) is 9.65. The molecule has 0 unspecified atom stereocenters. The number of aromatic nitrogens is 3. The highest BCUT2D eigenvalue weighted by molar-refractivity contribution is 6.30. The first-order valence-electron chi connectivity index (χ1n) is 9.27. The van der Waals surface area contributed by atoms with E-state index in [-0.39, 0.29) is 16.6 Å². The number of pyridine rings is 1. The van der Waals surface area contributed by atoms with E-state index in [2.05, 4.69) is 34.6 Å². The first kappa shape index (κ1) is 18.2. The molecule has 0 bridgehead atoms. The standard InChI is InChI=1S/C22H24ClN3O/c1-21(2,3)19-16-10-15-17(11-22(4,5)12-18(15)27)24-20(16)26(25-19)14-8-6-13(23)7-9-14/h6-10H,11-12H2,1-5H3. The maximum absolute atomic E-state index is 12.7. The number of fused-ring (bicyclic) bond motifs is 2. The lowest BCUT2D eigenvalue weighted by molar-refractivity contribution is 0.0910. The van der Waals surface area contributed by atoms with E-state index in [1.54, 1.807) is 0 Å². The highest BCUT2D eigenvalue weighted by Gasteiger charge is 2.34. The molecule has 0 spiro atoms. The summed E-state index contributed by atoms with van der Waals surface area (Å²) in [6.45, 7) is 10.6. The lowest BCUT2D eigenvalue weighted by atomic mass is 9.75. The van der Waals surface area contributed by atoms with Crippen molar-refractivity contribution in [2.75, 3.05) is 0 Å². The summed E-state index contributed by atoms with van der Waals surface area (Å²) in [5.41, 5.74) is 4.05. The largest absolute Gasteiger partial charge is 0.294 e. The number of carbonyl (C=O) groups excluding carboxylic acids is 1. The summed E-state index contributed by atoms with van der Waals surface area (Å²) < 4.78 is 1.87. The third kappa shape index (κ3) is 3.16. The number of rotatable bonds is 1. The Morgan fingerprint density at radius 1 is 1.11 bits per heavy atom. The van der Waals surface area contributed by atoms with Gasteiger partial charge in [-0.05, 0) is 42.2 Å². The molecule has 0 N–H and O–H groups in total. The lowest BCUT2D eigenvalue weighted by Gasteiger charge is -2.29. The number of nitrogens with zero attached hydrogens (tertiary/aromatic N) is 3. The van der Waals surface area contributed by atoms with E-state index in [1.165, 1.54) is 0 Å². The SMILES string of the molecule is CC1(C)CC(=O)c2cc3c(C(C)(C)C)nn(-c4ccc(Cl)cc4)c3nc2C1. The molecule has 0 atom stereocenters. The van der Waals surface area contributed by atoms with Gasteiger partial charge in [0.05, 0.1) is 17.1 Å². The number of carbonyl (C=O) groups is 1. The van der Waals surface area contributed by atoms with Crippen LogP contribution in [0.3, 0.4) is 0 Å². The Balaban J connectivity index is 2.02. The Bertz CT molecular complexity index is 1060. The van der Waals surface area contributed by atoms with Crippen molar-refractivity contribution in [3.8, 4) is 5.69 Å². The fourth-order valence-corrected chi connectivity index (χ4v) is 3.94. The van der Waals surface area contributed by atoms with Crippen molar-refractivity contribution in [2.24, 2.45) is 5.41 Å². The van der Waals surface area contributed by atoms with Crippen LogP contribution in [0.4, 0.5) is 0 Å². The van der Waals surface area contributed by atoms with Crippen molar-refractivity contribution in [3.05, 3.63) is 52.3 Å². The second-order valence-electron chi connectivity index (χ2n) is 9.28. The molecule has 4 nitrogen and oxygen atoms in total. The highest BCUT2D eigenvalue weighted by Crippen LogP contribution is 2.37. The minimum absolute atomic E-state index is 0.0667. The molecular weight excluding hydrogens is 358 g/mol. The van der Waals surface area contributed by atoms with Gasteiger partial charge in [0, 0.05) is 27.8 Å². The molecule has 1 aliphatic carbocycles. The van der Waals surface area contributed by atoms with E-state index < -0.39 is 0 Å². The molecule has 0 saturated carbocycles. The number of ketones is 1. The van der Waals surface area contributed by atoms with Crippen LogP contribution in [0.1, 0.15) is 62.8 Å². The van der Waals surface area contributed by atoms with Crippen molar-refractivity contribution in [2.45, 2.75) is 52.9 Å². The van der Waals surface area contributed by atoms with Gasteiger partial charge in [-0.25, -0.2) is 9.67 Å². The molecule has 5 heteroatoms. The molecule has 0 fully saturated rings. The average molecular weight is 382 g/mol. The summed E-state index contributed by atoms with van der Waals surface area (Å²) in [7, 11) is 0. The minimum Gasteiger partial charge on any atom is -0.294 e. The van der Waals surface area contributed by atoms with Gasteiger partial charge in [0.25, 0.3) is 0 Å². The number of Topliss-reactive ketones (excluding diaryl/α,β-unsaturated/α-hetero) is 1. The van der Waals surface area contributed by atoms with Crippen LogP contribution in [0.25, 0.3) is 16.7 Å². The van der Waals surface area contributed by atoms with E-state index in [9.17, 15) is 4.79 Å². The molecule has 0 radical (unpaired) electrons. The van der Waals surface area contributed by atoms with Crippen molar-refractivity contribution in [1.29, 1.82) is 0 Å². The van der Waals surface area contributed by atoms with Gasteiger partial charge in [-0.3, -0.25) is 4.79 Å². The Kier molecular flexibility index (Phi) is 3.97. The lowest BCUT2D eigenvalue weighted by Crippen LogP contribution is -2.28. The van der Waals surface area contributed by atoms with Crippen LogP contribution in [-0.4, -0.2) is 20.5 Å².